The van der Waals surface area contributed by atoms with Crippen molar-refractivity contribution in [3.05, 3.63) is 138 Å². The largest absolute Gasteiger partial charge is 0 e. The van der Waals surface area contributed by atoms with Crippen LogP contribution < -0.4 is 4.40 Å². The Morgan fingerprint density at radius 3 is 2.12 bits per heavy atom. The van der Waals surface area contributed by atoms with Crippen molar-refractivity contribution < 1.29 is 24.5 Å². The van der Waals surface area contributed by atoms with Crippen molar-refractivity contribution in [2.75, 3.05) is 0 Å². The zero-order valence-electron chi connectivity index (χ0n) is 32.2. The quantitative estimate of drug-likeness (QED) is 0.123. The van der Waals surface area contributed by atoms with Gasteiger partial charge >= 0.3 is 113 Å². The Morgan fingerprint density at radius 1 is 0.712 bits per heavy atom. The zero-order valence-corrected chi connectivity index (χ0v) is 36.7. The first-order chi connectivity index (χ1) is 24.2. The fourth-order valence-electron chi connectivity index (χ4n) is 6.25. The van der Waals surface area contributed by atoms with Gasteiger partial charge in [0.05, 0.1) is 5.58 Å². The predicted molar refractivity (Wildman–Crippen MR) is 219 cm³/mol. The third kappa shape index (κ3) is 9.20. The third-order valence-corrected chi connectivity index (χ3v) is 13.8. The van der Waals surface area contributed by atoms with Crippen LogP contribution in [0.5, 0.6) is 0 Å². The summed E-state index contributed by atoms with van der Waals surface area (Å²) in [7, 11) is 0. The van der Waals surface area contributed by atoms with E-state index in [4.69, 9.17) is 4.42 Å². The van der Waals surface area contributed by atoms with E-state index < -0.39 is 13.3 Å². The van der Waals surface area contributed by atoms with E-state index in [1.807, 2.05) is 18.3 Å². The van der Waals surface area contributed by atoms with Crippen molar-refractivity contribution in [2.24, 2.45) is 5.92 Å². The van der Waals surface area contributed by atoms with Gasteiger partial charge in [0, 0.05) is 31.7 Å². The molecule has 7 aromatic rings. The maximum Gasteiger partial charge on any atom is 0 e. The Balaban J connectivity index is 0.000000234. The molecule has 0 atom stereocenters. The van der Waals surface area contributed by atoms with Gasteiger partial charge in [0.15, 0.2) is 0 Å². The Labute approximate surface area is 327 Å². The van der Waals surface area contributed by atoms with Gasteiger partial charge in [0.1, 0.15) is 5.58 Å². The number of rotatable bonds is 6. The van der Waals surface area contributed by atoms with Crippen molar-refractivity contribution in [1.82, 2.24) is 9.97 Å². The summed E-state index contributed by atoms with van der Waals surface area (Å²) in [5.74, 6) is 7.78. The van der Waals surface area contributed by atoms with Crippen LogP contribution in [-0.2, 0) is 31.9 Å². The number of pyridine rings is 2. The van der Waals surface area contributed by atoms with Gasteiger partial charge in [0.25, 0.3) is 0 Å². The van der Waals surface area contributed by atoms with Gasteiger partial charge in [-0.15, -0.1) is 23.8 Å². The number of aromatic nitrogens is 2. The van der Waals surface area contributed by atoms with E-state index >= 15 is 0 Å². The van der Waals surface area contributed by atoms with E-state index in [-0.39, 0.29) is 25.5 Å². The van der Waals surface area contributed by atoms with Gasteiger partial charge in [-0.1, -0.05) is 88.0 Å². The van der Waals surface area contributed by atoms with Gasteiger partial charge in [0.2, 0.25) is 0 Å². The Kier molecular flexibility index (Phi) is 12.2. The van der Waals surface area contributed by atoms with E-state index in [2.05, 4.69) is 173 Å². The molecule has 0 bridgehead atoms. The summed E-state index contributed by atoms with van der Waals surface area (Å²) in [6.07, 6.45) is 5.00. The normalized spacial score (nSPS) is 11.8. The van der Waals surface area contributed by atoms with Crippen LogP contribution in [0.1, 0.15) is 56.9 Å². The second-order valence-electron chi connectivity index (χ2n) is 16.3. The Bertz CT molecular complexity index is 2310. The van der Waals surface area contributed by atoms with Gasteiger partial charge < -0.3 is 9.40 Å². The molecule has 52 heavy (non-hydrogen) atoms. The fraction of sp³-hybridized carbons (Fsp3) is 0.277. The number of benzene rings is 4. The van der Waals surface area contributed by atoms with Crippen LogP contribution in [0.15, 0.2) is 108 Å². The van der Waals surface area contributed by atoms with Crippen LogP contribution >= 0.6 is 0 Å². The SMILES string of the molecule is CC(C)Cc1ccnc(-c2[c-]cc3oc4cc(-c5cccc(C(C)(C)C)c5)ccc4c3c2)c1.Cc1c[c-]c(-c2cc[c]([Ge]([CH3])([CH3])[CH3])cn2)cc1C.[Ir]. The molecule has 0 fully saturated rings. The average Bonchev–Trinajstić information content (AvgIpc) is 3.46. The standard InChI is InChI=1S/C31H30NO.C16H20GeN.Ir/c1-20(2)15-21-13-14-32-28(16-21)24-10-12-29-27(18-24)26-11-9-23(19-30(26)33-29)22-7-6-8-25(17-22)31(3,4)5;1-12-6-7-14(10-13(12)2)16-9-8-15(11-18-16)17(3,4)5;/h6-9,11-14,16-20H,15H2,1-5H3;6,8-11H,1-5H3;/q2*-1;. The maximum atomic E-state index is 6.23. The number of aryl methyl sites for hydroxylation is 2. The summed E-state index contributed by atoms with van der Waals surface area (Å²) in [4.78, 5) is 9.21. The number of nitrogens with zero attached hydrogens (tertiary/aromatic N) is 2. The molecule has 0 amide bonds. The second kappa shape index (κ2) is 16.0. The molecule has 3 aromatic heterocycles. The van der Waals surface area contributed by atoms with Crippen LogP contribution in [0.3, 0.4) is 0 Å². The molecule has 0 aliphatic heterocycles. The minimum Gasteiger partial charge on any atom is 0 e. The topological polar surface area (TPSA) is 38.9 Å². The summed E-state index contributed by atoms with van der Waals surface area (Å²) in [5.41, 5.74) is 13.5. The van der Waals surface area contributed by atoms with E-state index in [9.17, 15) is 0 Å². The van der Waals surface area contributed by atoms with Gasteiger partial charge in [-0.25, -0.2) is 0 Å². The summed E-state index contributed by atoms with van der Waals surface area (Å²) in [5, 5.41) is 2.22. The predicted octanol–water partition coefficient (Wildman–Crippen LogP) is 12.3. The summed E-state index contributed by atoms with van der Waals surface area (Å²) >= 11 is -1.74. The molecule has 3 heterocycles. The molecule has 7 rings (SSSR count). The van der Waals surface area contributed by atoms with E-state index in [0.717, 1.165) is 50.9 Å². The van der Waals surface area contributed by atoms with Crippen molar-refractivity contribution >= 4 is 39.6 Å². The summed E-state index contributed by atoms with van der Waals surface area (Å²) in [6.45, 7) is 15.5. The minimum absolute atomic E-state index is 0. The molecule has 4 aromatic carbocycles. The average molecular weight is 924 g/mol. The second-order valence-corrected chi connectivity index (χ2v) is 27.0. The van der Waals surface area contributed by atoms with Crippen molar-refractivity contribution in [2.45, 2.75) is 77.6 Å². The zero-order chi connectivity index (χ0) is 36.5. The molecule has 5 heteroatoms. The fourth-order valence-corrected chi connectivity index (χ4v) is 8.42. The molecular weight excluding hydrogens is 873 g/mol. The molecule has 0 N–H and O–H groups in total. The first-order valence-corrected chi connectivity index (χ1v) is 25.4. The molecule has 3 nitrogen and oxygen atoms in total. The van der Waals surface area contributed by atoms with Crippen LogP contribution in [0.25, 0.3) is 55.6 Å². The van der Waals surface area contributed by atoms with Crippen molar-refractivity contribution in [3.63, 3.8) is 0 Å². The molecule has 269 valence electrons. The van der Waals surface area contributed by atoms with Crippen LogP contribution in [0.2, 0.25) is 17.3 Å². The first kappa shape index (κ1) is 39.4. The maximum absolute atomic E-state index is 6.23. The molecular formula is C47H50GeIrN2O-2. The monoisotopic (exact) mass is 925 g/mol. The number of fused-ring (bicyclic) bond motifs is 3. The van der Waals surface area contributed by atoms with E-state index in [0.29, 0.717) is 5.92 Å². The third-order valence-electron chi connectivity index (χ3n) is 9.54. The number of hydrogen-bond acceptors (Lipinski definition) is 3. The molecule has 0 saturated heterocycles. The molecule has 0 spiro atoms. The molecule has 0 unspecified atom stereocenters. The van der Waals surface area contributed by atoms with E-state index in [1.54, 1.807) is 0 Å². The van der Waals surface area contributed by atoms with Crippen LogP contribution in [-0.4, -0.2) is 23.2 Å². The van der Waals surface area contributed by atoms with Gasteiger partial charge in [-0.05, 0) is 52.3 Å². The molecule has 0 saturated carbocycles. The van der Waals surface area contributed by atoms with Crippen LogP contribution in [0, 0.1) is 31.9 Å². The first-order valence-electron chi connectivity index (χ1n) is 18.1. The van der Waals surface area contributed by atoms with Crippen molar-refractivity contribution in [1.29, 1.82) is 0 Å². The molecule has 0 aliphatic rings. The molecule has 0 aliphatic carbocycles. The summed E-state index contributed by atoms with van der Waals surface area (Å²) in [6, 6.07) is 39.0. The van der Waals surface area contributed by atoms with Crippen LogP contribution in [0.4, 0.5) is 0 Å². The van der Waals surface area contributed by atoms with E-state index in [1.165, 1.54) is 37.8 Å². The molecule has 1 radical (unpaired) electrons. The minimum atomic E-state index is -1.74. The number of hydrogen-bond donors (Lipinski definition) is 0. The van der Waals surface area contributed by atoms with Gasteiger partial charge in [-0.3, -0.25) is 0 Å². The number of furan rings is 1. The van der Waals surface area contributed by atoms with Gasteiger partial charge in [-0.2, -0.15) is 0 Å². The Hall–Kier alpha value is -3.83. The van der Waals surface area contributed by atoms with Crippen molar-refractivity contribution in [3.8, 4) is 33.6 Å². The summed E-state index contributed by atoms with van der Waals surface area (Å²) < 4.78 is 7.67. The smallest absolute Gasteiger partial charge is 0 e. The Morgan fingerprint density at radius 2 is 1.44 bits per heavy atom.